The van der Waals surface area contributed by atoms with Crippen molar-refractivity contribution >= 4 is 11.5 Å². The van der Waals surface area contributed by atoms with Crippen LogP contribution in [0.5, 0.6) is 23.3 Å². The summed E-state index contributed by atoms with van der Waals surface area (Å²) >= 11 is 0. The van der Waals surface area contributed by atoms with Gasteiger partial charge in [-0.15, -0.1) is 0 Å². The summed E-state index contributed by atoms with van der Waals surface area (Å²) in [5.74, 6) is 0.405. The molecule has 8 nitrogen and oxygen atoms in total. The Morgan fingerprint density at radius 1 is 1.07 bits per heavy atom. The van der Waals surface area contributed by atoms with Crippen LogP contribution in [0.15, 0.2) is 67.0 Å². The Bertz CT molecular complexity index is 1120. The molecule has 8 heteroatoms. The second-order valence-electron chi connectivity index (χ2n) is 5.79. The van der Waals surface area contributed by atoms with E-state index in [1.807, 2.05) is 6.07 Å². The molecular formula is C22H17N3O5. The van der Waals surface area contributed by atoms with Gasteiger partial charge in [0.05, 0.1) is 30.9 Å². The molecule has 30 heavy (non-hydrogen) atoms. The van der Waals surface area contributed by atoms with Crippen molar-refractivity contribution in [3.63, 3.8) is 0 Å². The van der Waals surface area contributed by atoms with Crippen LogP contribution in [0.2, 0.25) is 0 Å². The third-order valence-corrected chi connectivity index (χ3v) is 3.93. The zero-order chi connectivity index (χ0) is 21.3. The molecule has 0 amide bonds. The van der Waals surface area contributed by atoms with E-state index in [9.17, 15) is 15.2 Å². The van der Waals surface area contributed by atoms with Crippen molar-refractivity contribution in [3.8, 4) is 29.3 Å². The summed E-state index contributed by atoms with van der Waals surface area (Å²) in [6.07, 6.45) is 2.59. The average molecular weight is 403 g/mol. The number of aromatic nitrogens is 2. The maximum atomic E-state index is 12.1. The van der Waals surface area contributed by atoms with Gasteiger partial charge in [0.15, 0.2) is 0 Å². The molecule has 0 saturated carbocycles. The number of carbonyl (C=O) groups excluding carboxylic acids is 1. The van der Waals surface area contributed by atoms with E-state index in [0.29, 0.717) is 22.6 Å². The summed E-state index contributed by atoms with van der Waals surface area (Å²) in [4.78, 5) is 20.2. The molecule has 0 saturated heterocycles. The van der Waals surface area contributed by atoms with Crippen molar-refractivity contribution in [1.29, 1.82) is 5.26 Å². The van der Waals surface area contributed by atoms with Gasteiger partial charge in [0.2, 0.25) is 11.8 Å². The lowest BCUT2D eigenvalue weighted by Gasteiger charge is -2.13. The summed E-state index contributed by atoms with van der Waals surface area (Å²) in [6, 6.07) is 17.0. The number of ether oxygens (including phenoxy) is 3. The fourth-order valence-corrected chi connectivity index (χ4v) is 2.59. The van der Waals surface area contributed by atoms with Crippen LogP contribution in [0.1, 0.15) is 11.1 Å². The molecule has 3 rings (SSSR count). The molecule has 150 valence electrons. The van der Waals surface area contributed by atoms with Gasteiger partial charge in [-0.2, -0.15) is 5.26 Å². The largest absolute Gasteiger partial charge is 0.465 e. The van der Waals surface area contributed by atoms with Gasteiger partial charge in [-0.3, -0.25) is 0 Å². The molecule has 0 bridgehead atoms. The lowest BCUT2D eigenvalue weighted by atomic mass is 10.0. The Kier molecular flexibility index (Phi) is 6.71. The topological polar surface area (TPSA) is 115 Å². The predicted molar refractivity (Wildman–Crippen MR) is 107 cm³/mol. The average Bonchev–Trinajstić information content (AvgIpc) is 2.78. The number of nitrogens with zero attached hydrogens (tertiary/aromatic N) is 3. The van der Waals surface area contributed by atoms with E-state index in [1.165, 1.54) is 25.6 Å². The highest BCUT2D eigenvalue weighted by Gasteiger charge is 2.17. The zero-order valence-corrected chi connectivity index (χ0v) is 16.0. The molecule has 0 radical (unpaired) electrons. The third kappa shape index (κ3) is 4.79. The normalized spacial score (nSPS) is 10.8. The molecule has 0 atom stereocenters. The second-order valence-corrected chi connectivity index (χ2v) is 5.79. The molecule has 0 unspecified atom stereocenters. The van der Waals surface area contributed by atoms with E-state index >= 15 is 0 Å². The van der Waals surface area contributed by atoms with Gasteiger partial charge in [0.1, 0.15) is 23.9 Å². The summed E-state index contributed by atoms with van der Waals surface area (Å²) < 4.78 is 16.3. The fraction of sp³-hybridized carbons (Fsp3) is 0.0909. The number of esters is 1. The van der Waals surface area contributed by atoms with Crippen LogP contribution in [0.3, 0.4) is 0 Å². The van der Waals surface area contributed by atoms with Gasteiger partial charge in [-0.1, -0.05) is 30.3 Å². The molecule has 0 aliphatic rings. The molecule has 3 aromatic rings. The number of benzene rings is 2. The molecule has 2 aromatic carbocycles. The van der Waals surface area contributed by atoms with Crippen LogP contribution in [-0.4, -0.2) is 34.8 Å². The number of para-hydroxylation sites is 2. The Morgan fingerprint density at radius 2 is 1.70 bits per heavy atom. The Hall–Kier alpha value is -4.22. The third-order valence-electron chi connectivity index (χ3n) is 3.93. The lowest BCUT2D eigenvalue weighted by molar-refractivity contribution is -0.133. The first-order chi connectivity index (χ1) is 14.7. The number of carbonyl (C=O) groups is 1. The number of methoxy groups -OCH3 is 1. The quantitative estimate of drug-likeness (QED) is 0.471. The molecule has 0 spiro atoms. The SMILES string of the molecule is COC(=O)/C(=C/CO)c1ccccc1Oc1cc(Oc2ccccc2C#N)ncn1. The molecule has 1 N–H and O–H groups in total. The van der Waals surface area contributed by atoms with Crippen LogP contribution in [0.25, 0.3) is 5.57 Å². The van der Waals surface area contributed by atoms with E-state index in [-0.39, 0.29) is 23.9 Å². The van der Waals surface area contributed by atoms with Gasteiger partial charge in [-0.05, 0) is 24.3 Å². The minimum atomic E-state index is -0.611. The monoisotopic (exact) mass is 403 g/mol. The van der Waals surface area contributed by atoms with Crippen molar-refractivity contribution in [2.45, 2.75) is 0 Å². The van der Waals surface area contributed by atoms with Crippen LogP contribution in [-0.2, 0) is 9.53 Å². The van der Waals surface area contributed by atoms with Crippen LogP contribution in [0.4, 0.5) is 0 Å². The van der Waals surface area contributed by atoms with Gasteiger partial charge in [0, 0.05) is 5.56 Å². The van der Waals surface area contributed by atoms with Crippen molar-refractivity contribution in [3.05, 3.63) is 78.1 Å². The number of hydrogen-bond donors (Lipinski definition) is 1. The number of aliphatic hydroxyl groups is 1. The minimum absolute atomic E-state index is 0.157. The minimum Gasteiger partial charge on any atom is -0.465 e. The van der Waals surface area contributed by atoms with Gasteiger partial charge in [0.25, 0.3) is 0 Å². The maximum absolute atomic E-state index is 12.1. The number of aliphatic hydroxyl groups excluding tert-OH is 1. The van der Waals surface area contributed by atoms with Crippen LogP contribution >= 0.6 is 0 Å². The summed E-state index contributed by atoms with van der Waals surface area (Å²) in [6.45, 7) is -0.345. The highest BCUT2D eigenvalue weighted by molar-refractivity contribution is 6.17. The smallest absolute Gasteiger partial charge is 0.338 e. The van der Waals surface area contributed by atoms with E-state index in [0.717, 1.165) is 0 Å². The first kappa shape index (κ1) is 20.5. The molecule has 1 heterocycles. The Balaban J connectivity index is 1.90. The van der Waals surface area contributed by atoms with Crippen LogP contribution in [0, 0.1) is 11.3 Å². The standard InChI is InChI=1S/C22H17N3O5/c1-28-22(27)17(10-11-26)16-7-3-5-9-19(16)30-21-12-20(24-14-25-21)29-18-8-4-2-6-15(18)13-23/h2-10,12,14,26H,11H2,1H3/b17-10+. The number of hydrogen-bond acceptors (Lipinski definition) is 8. The van der Waals surface area contributed by atoms with E-state index < -0.39 is 5.97 Å². The maximum Gasteiger partial charge on any atom is 0.338 e. The van der Waals surface area contributed by atoms with Gasteiger partial charge in [-0.25, -0.2) is 14.8 Å². The Morgan fingerprint density at radius 3 is 2.37 bits per heavy atom. The molecular weight excluding hydrogens is 386 g/mol. The Labute approximate surface area is 172 Å². The fourth-order valence-electron chi connectivity index (χ4n) is 2.59. The summed E-state index contributed by atoms with van der Waals surface area (Å²) in [7, 11) is 1.25. The van der Waals surface area contributed by atoms with E-state index in [4.69, 9.17) is 14.2 Å². The van der Waals surface area contributed by atoms with Crippen molar-refractivity contribution in [2.75, 3.05) is 13.7 Å². The first-order valence-corrected chi connectivity index (χ1v) is 8.82. The van der Waals surface area contributed by atoms with Crippen molar-refractivity contribution in [1.82, 2.24) is 9.97 Å². The molecule has 1 aromatic heterocycles. The highest BCUT2D eigenvalue weighted by atomic mass is 16.5. The molecule has 0 aliphatic heterocycles. The number of rotatable bonds is 7. The predicted octanol–water partition coefficient (Wildman–Crippen LogP) is 3.48. The van der Waals surface area contributed by atoms with Crippen LogP contribution < -0.4 is 9.47 Å². The zero-order valence-electron chi connectivity index (χ0n) is 16.0. The summed E-state index contributed by atoms with van der Waals surface area (Å²) in [5, 5.41) is 18.4. The van der Waals surface area contributed by atoms with Gasteiger partial charge >= 0.3 is 5.97 Å². The first-order valence-electron chi connectivity index (χ1n) is 8.82. The molecule has 0 aliphatic carbocycles. The lowest BCUT2D eigenvalue weighted by Crippen LogP contribution is -2.06. The van der Waals surface area contributed by atoms with Crippen molar-refractivity contribution < 1.29 is 24.1 Å². The molecule has 0 fully saturated rings. The summed E-state index contributed by atoms with van der Waals surface area (Å²) in [5.41, 5.74) is 0.944. The number of nitriles is 1. The van der Waals surface area contributed by atoms with E-state index in [2.05, 4.69) is 9.97 Å². The van der Waals surface area contributed by atoms with E-state index in [1.54, 1.807) is 48.5 Å². The second kappa shape index (κ2) is 9.82. The van der Waals surface area contributed by atoms with Gasteiger partial charge < -0.3 is 19.3 Å². The highest BCUT2D eigenvalue weighted by Crippen LogP contribution is 2.31. The van der Waals surface area contributed by atoms with Crippen molar-refractivity contribution in [2.24, 2.45) is 0 Å².